The quantitative estimate of drug-likeness (QED) is 0.832. The highest BCUT2D eigenvalue weighted by atomic mass is 32.2. The van der Waals surface area contributed by atoms with Crippen molar-refractivity contribution in [2.45, 2.75) is 17.4 Å². The van der Waals surface area contributed by atoms with Gasteiger partial charge in [-0.3, -0.25) is 0 Å². The maximum absolute atomic E-state index is 13.4. The zero-order valence-electron chi connectivity index (χ0n) is 11.0. The van der Waals surface area contributed by atoms with Gasteiger partial charge >= 0.3 is 0 Å². The van der Waals surface area contributed by atoms with Crippen LogP contribution in [0.5, 0.6) is 0 Å². The maximum atomic E-state index is 13.4. The molecule has 1 aliphatic rings. The summed E-state index contributed by atoms with van der Waals surface area (Å²) in [6.07, 6.45) is 0.765. The summed E-state index contributed by atoms with van der Waals surface area (Å²) >= 11 is 0. The van der Waals surface area contributed by atoms with Crippen molar-refractivity contribution in [3.63, 3.8) is 0 Å². The smallest absolute Gasteiger partial charge is 0.245 e. The number of hydrogen-bond donors (Lipinski definition) is 1. The molecule has 19 heavy (non-hydrogen) atoms. The lowest BCUT2D eigenvalue weighted by atomic mass is 10.2. The number of benzene rings is 1. The summed E-state index contributed by atoms with van der Waals surface area (Å²) in [7, 11) is 0.111. The largest absolute Gasteiger partial charge is 0.395 e. The first-order chi connectivity index (χ1) is 8.84. The minimum Gasteiger partial charge on any atom is -0.395 e. The molecule has 1 aromatic carbocycles. The monoisotopic (exact) mass is 287 g/mol. The lowest BCUT2D eigenvalue weighted by Crippen LogP contribution is -2.34. The molecule has 1 heterocycles. The second-order valence-electron chi connectivity index (χ2n) is 4.92. The van der Waals surface area contributed by atoms with Crippen molar-refractivity contribution in [1.82, 2.24) is 9.21 Å². The Hall–Kier alpha value is -1.18. The number of anilines is 1. The fourth-order valence-corrected chi connectivity index (χ4v) is 3.85. The Labute approximate surface area is 112 Å². The van der Waals surface area contributed by atoms with Gasteiger partial charge < -0.3 is 10.6 Å². The van der Waals surface area contributed by atoms with Gasteiger partial charge in [0.1, 0.15) is 10.7 Å². The molecule has 0 radical (unpaired) electrons. The first-order valence-corrected chi connectivity index (χ1v) is 7.48. The number of para-hydroxylation sites is 1. The number of hydrogen-bond acceptors (Lipinski definition) is 4. The molecular formula is C12H18FN3O2S. The standard InChI is InChI=1S/C12H18FN3O2S/c1-15(2)9-6-7-16(8-9)19(17,18)11-5-3-4-10(13)12(11)14/h3-5,9H,6-8,14H2,1-2H3. The third-order valence-electron chi connectivity index (χ3n) is 3.49. The SMILES string of the molecule is CN(C)C1CCN(S(=O)(=O)c2cccc(F)c2N)C1. The van der Waals surface area contributed by atoms with Crippen LogP contribution in [0.4, 0.5) is 10.1 Å². The predicted molar refractivity (Wildman–Crippen MR) is 71.7 cm³/mol. The molecule has 1 aliphatic heterocycles. The summed E-state index contributed by atoms with van der Waals surface area (Å²) in [5, 5.41) is 0. The van der Waals surface area contributed by atoms with Gasteiger partial charge in [0, 0.05) is 19.1 Å². The molecule has 106 valence electrons. The second-order valence-corrected chi connectivity index (χ2v) is 6.83. The number of nitrogens with two attached hydrogens (primary N) is 1. The fourth-order valence-electron chi connectivity index (χ4n) is 2.23. The van der Waals surface area contributed by atoms with Gasteiger partial charge in [0.2, 0.25) is 10.0 Å². The third-order valence-corrected chi connectivity index (χ3v) is 5.41. The van der Waals surface area contributed by atoms with E-state index in [4.69, 9.17) is 5.73 Å². The minimum atomic E-state index is -3.72. The van der Waals surface area contributed by atoms with Crippen molar-refractivity contribution in [3.05, 3.63) is 24.0 Å². The van der Waals surface area contributed by atoms with E-state index >= 15 is 0 Å². The molecule has 0 aromatic heterocycles. The van der Waals surface area contributed by atoms with Gasteiger partial charge in [0.15, 0.2) is 0 Å². The van der Waals surface area contributed by atoms with Gasteiger partial charge in [-0.05, 0) is 32.6 Å². The van der Waals surface area contributed by atoms with E-state index in [-0.39, 0.29) is 16.6 Å². The Balaban J connectivity index is 2.31. The highest BCUT2D eigenvalue weighted by Gasteiger charge is 2.34. The Morgan fingerprint density at radius 3 is 2.68 bits per heavy atom. The van der Waals surface area contributed by atoms with E-state index in [0.717, 1.165) is 12.5 Å². The Morgan fingerprint density at radius 1 is 1.42 bits per heavy atom. The summed E-state index contributed by atoms with van der Waals surface area (Å²) in [6.45, 7) is 0.840. The zero-order chi connectivity index (χ0) is 14.2. The molecule has 7 heteroatoms. The molecule has 1 unspecified atom stereocenters. The summed E-state index contributed by atoms with van der Waals surface area (Å²) in [4.78, 5) is 1.84. The van der Waals surface area contributed by atoms with Crippen LogP contribution in [0.15, 0.2) is 23.1 Å². The number of likely N-dealkylation sites (N-methyl/N-ethyl adjacent to an activating group) is 1. The number of halogens is 1. The summed E-state index contributed by atoms with van der Waals surface area (Å²) in [6, 6.07) is 4.04. The van der Waals surface area contributed by atoms with E-state index in [2.05, 4.69) is 0 Å². The number of sulfonamides is 1. The Bertz CT molecular complexity index is 574. The van der Waals surface area contributed by atoms with E-state index in [0.29, 0.717) is 13.1 Å². The van der Waals surface area contributed by atoms with Crippen LogP contribution in [0, 0.1) is 5.82 Å². The summed E-state index contributed by atoms with van der Waals surface area (Å²) in [5.41, 5.74) is 5.23. The molecule has 0 bridgehead atoms. The van der Waals surface area contributed by atoms with Crippen LogP contribution in [0.25, 0.3) is 0 Å². The zero-order valence-corrected chi connectivity index (χ0v) is 11.8. The van der Waals surface area contributed by atoms with Crippen molar-refractivity contribution < 1.29 is 12.8 Å². The average Bonchev–Trinajstić information content (AvgIpc) is 2.82. The lowest BCUT2D eigenvalue weighted by molar-refractivity contribution is 0.302. The summed E-state index contributed by atoms with van der Waals surface area (Å²) < 4.78 is 39.6. The molecule has 0 amide bonds. The average molecular weight is 287 g/mol. The van der Waals surface area contributed by atoms with Gasteiger partial charge in [-0.15, -0.1) is 0 Å². The van der Waals surface area contributed by atoms with Crippen LogP contribution < -0.4 is 5.73 Å². The molecule has 2 rings (SSSR count). The molecule has 2 N–H and O–H groups in total. The van der Waals surface area contributed by atoms with E-state index in [1.165, 1.54) is 16.4 Å². The van der Waals surface area contributed by atoms with Gasteiger partial charge in [-0.1, -0.05) is 6.07 Å². The highest BCUT2D eigenvalue weighted by Crippen LogP contribution is 2.27. The lowest BCUT2D eigenvalue weighted by Gasteiger charge is -2.20. The molecular weight excluding hydrogens is 269 g/mol. The second kappa shape index (κ2) is 5.07. The van der Waals surface area contributed by atoms with Crippen molar-refractivity contribution in [2.75, 3.05) is 32.9 Å². The normalized spacial score (nSPS) is 21.2. The molecule has 1 saturated heterocycles. The van der Waals surface area contributed by atoms with Crippen LogP contribution in [0.3, 0.4) is 0 Å². The van der Waals surface area contributed by atoms with Crippen molar-refractivity contribution in [1.29, 1.82) is 0 Å². The number of rotatable bonds is 3. The third kappa shape index (κ3) is 2.58. The Morgan fingerprint density at radius 2 is 2.11 bits per heavy atom. The van der Waals surface area contributed by atoms with Crippen LogP contribution in [-0.2, 0) is 10.0 Å². The van der Waals surface area contributed by atoms with Crippen molar-refractivity contribution in [3.8, 4) is 0 Å². The van der Waals surface area contributed by atoms with E-state index < -0.39 is 15.8 Å². The first kappa shape index (κ1) is 14.2. The molecule has 0 spiro atoms. The van der Waals surface area contributed by atoms with Crippen LogP contribution >= 0.6 is 0 Å². The predicted octanol–water partition coefficient (Wildman–Crippen LogP) is 0.733. The van der Waals surface area contributed by atoms with E-state index in [1.54, 1.807) is 0 Å². The maximum Gasteiger partial charge on any atom is 0.245 e. The van der Waals surface area contributed by atoms with Gasteiger partial charge in [-0.2, -0.15) is 4.31 Å². The highest BCUT2D eigenvalue weighted by molar-refractivity contribution is 7.89. The van der Waals surface area contributed by atoms with Crippen molar-refractivity contribution in [2.24, 2.45) is 0 Å². The Kier molecular flexibility index (Phi) is 3.80. The molecule has 1 fully saturated rings. The number of nitrogen functional groups attached to an aromatic ring is 1. The van der Waals surface area contributed by atoms with Crippen LogP contribution in [-0.4, -0.2) is 50.8 Å². The topological polar surface area (TPSA) is 66.6 Å². The summed E-state index contributed by atoms with van der Waals surface area (Å²) in [5.74, 6) is -0.704. The molecule has 0 aliphatic carbocycles. The van der Waals surface area contributed by atoms with E-state index in [1.807, 2.05) is 19.0 Å². The molecule has 5 nitrogen and oxygen atoms in total. The first-order valence-electron chi connectivity index (χ1n) is 6.04. The number of nitrogens with zero attached hydrogens (tertiary/aromatic N) is 2. The van der Waals surface area contributed by atoms with Crippen LogP contribution in [0.2, 0.25) is 0 Å². The minimum absolute atomic E-state index is 0.146. The van der Waals surface area contributed by atoms with Gasteiger partial charge in [0.05, 0.1) is 5.69 Å². The van der Waals surface area contributed by atoms with Crippen molar-refractivity contribution >= 4 is 15.7 Å². The van der Waals surface area contributed by atoms with Gasteiger partial charge in [-0.25, -0.2) is 12.8 Å². The van der Waals surface area contributed by atoms with Gasteiger partial charge in [0.25, 0.3) is 0 Å². The molecule has 1 atom stereocenters. The fraction of sp³-hybridized carbons (Fsp3) is 0.500. The molecule has 0 saturated carbocycles. The van der Waals surface area contributed by atoms with E-state index in [9.17, 15) is 12.8 Å². The van der Waals surface area contributed by atoms with Crippen LogP contribution in [0.1, 0.15) is 6.42 Å². The molecule has 1 aromatic rings.